The lowest BCUT2D eigenvalue weighted by Crippen LogP contribution is -2.37. The summed E-state index contributed by atoms with van der Waals surface area (Å²) in [6.45, 7) is 5.26. The summed E-state index contributed by atoms with van der Waals surface area (Å²) in [7, 11) is 1.61. The van der Waals surface area contributed by atoms with Gasteiger partial charge in [-0.3, -0.25) is 13.8 Å². The van der Waals surface area contributed by atoms with Crippen molar-refractivity contribution in [3.05, 3.63) is 109 Å². The SMILES string of the molecule is CC/C=C\C/C=C\C/C=C\C/C=C\C/C=C\CCCCCCCCOCC(COP(=O)(O)OCC[N+](C)(C)C)OC(=O)CCCC/C=C\C/C=C\C/C=C\C/C=C\CC. The molecule has 0 saturated carbocycles. The molecule has 8 nitrogen and oxygen atoms in total. The average Bonchev–Trinajstić information content (AvgIpc) is 3.19. The molecule has 2 atom stereocenters. The van der Waals surface area contributed by atoms with Crippen molar-refractivity contribution in [2.45, 2.75) is 148 Å². The van der Waals surface area contributed by atoms with Crippen molar-refractivity contribution in [2.75, 3.05) is 54.1 Å². The second-order valence-electron chi connectivity index (χ2n) is 15.7. The van der Waals surface area contributed by atoms with E-state index in [9.17, 15) is 14.3 Å². The van der Waals surface area contributed by atoms with E-state index in [1.54, 1.807) is 0 Å². The standard InChI is InChI=1S/C50H84NO7P/c1-6-8-10-12-14-16-18-20-22-23-24-25-26-27-28-30-32-34-36-38-40-42-45-55-47-49(48-57-59(53,54)56-46-44-51(3,4)5)58-50(52)43-41-39-37-35-33-31-29-21-19-17-15-13-11-9-7-2/h8-11,14-17,20-22,24-25,27-29,33,35,49H,6-7,12-13,18-19,23,26,30-32,34,36-48H2,1-5H3/p+1/b10-8-,11-9-,16-14-,17-15-,22-20-,25-24-,28-27-,29-21-,35-33-. The molecular formula is C50H85NO7P+. The quantitative estimate of drug-likeness (QED) is 0.0216. The van der Waals surface area contributed by atoms with E-state index in [1.807, 2.05) is 21.1 Å². The number of ether oxygens (including phenoxy) is 2. The van der Waals surface area contributed by atoms with Gasteiger partial charge in [0.1, 0.15) is 19.3 Å². The predicted molar refractivity (Wildman–Crippen MR) is 251 cm³/mol. The van der Waals surface area contributed by atoms with Crippen LogP contribution in [0.2, 0.25) is 0 Å². The normalized spacial score (nSPS) is 14.7. The fourth-order valence-corrected chi connectivity index (χ4v) is 6.13. The minimum absolute atomic E-state index is 0.0703. The third kappa shape index (κ3) is 46.1. The van der Waals surface area contributed by atoms with Crippen molar-refractivity contribution in [2.24, 2.45) is 0 Å². The summed E-state index contributed by atoms with van der Waals surface area (Å²) in [4.78, 5) is 22.9. The number of phosphoric ester groups is 1. The molecule has 0 rings (SSSR count). The van der Waals surface area contributed by atoms with Gasteiger partial charge in [-0.1, -0.05) is 149 Å². The van der Waals surface area contributed by atoms with Gasteiger partial charge in [0.05, 0.1) is 34.4 Å². The highest BCUT2D eigenvalue weighted by Crippen LogP contribution is 2.43. The van der Waals surface area contributed by atoms with Crippen LogP contribution in [0, 0.1) is 0 Å². The molecule has 0 spiro atoms. The highest BCUT2D eigenvalue weighted by Gasteiger charge is 2.26. The molecule has 0 aliphatic heterocycles. The summed E-state index contributed by atoms with van der Waals surface area (Å²) in [5.74, 6) is -0.365. The highest BCUT2D eigenvalue weighted by atomic mass is 31.2. The smallest absolute Gasteiger partial charge is 0.457 e. The summed E-state index contributed by atoms with van der Waals surface area (Å²) in [5.41, 5.74) is 0. The fourth-order valence-electron chi connectivity index (χ4n) is 5.39. The Morgan fingerprint density at radius 2 is 0.932 bits per heavy atom. The second-order valence-corrected chi connectivity index (χ2v) is 17.1. The van der Waals surface area contributed by atoms with Gasteiger partial charge >= 0.3 is 13.8 Å². The minimum Gasteiger partial charge on any atom is -0.457 e. The van der Waals surface area contributed by atoms with Crippen LogP contribution >= 0.6 is 7.82 Å². The molecule has 0 aliphatic carbocycles. The largest absolute Gasteiger partial charge is 0.472 e. The zero-order valence-corrected chi connectivity index (χ0v) is 38.8. The minimum atomic E-state index is -4.30. The highest BCUT2D eigenvalue weighted by molar-refractivity contribution is 7.47. The molecule has 0 aromatic rings. The first kappa shape index (κ1) is 56.2. The van der Waals surface area contributed by atoms with Gasteiger partial charge in [-0.15, -0.1) is 0 Å². The number of unbranched alkanes of at least 4 members (excludes halogenated alkanes) is 8. The van der Waals surface area contributed by atoms with Gasteiger partial charge in [-0.25, -0.2) is 4.57 Å². The van der Waals surface area contributed by atoms with Gasteiger partial charge in [0, 0.05) is 13.0 Å². The van der Waals surface area contributed by atoms with Crippen LogP contribution < -0.4 is 0 Å². The Balaban J connectivity index is 4.32. The Bertz CT molecular complexity index is 1300. The molecule has 0 aromatic heterocycles. The van der Waals surface area contributed by atoms with E-state index in [0.717, 1.165) is 96.3 Å². The number of quaternary nitrogens is 1. The van der Waals surface area contributed by atoms with Crippen molar-refractivity contribution in [3.63, 3.8) is 0 Å². The van der Waals surface area contributed by atoms with E-state index in [-0.39, 0.29) is 32.2 Å². The first-order valence-corrected chi connectivity index (χ1v) is 24.1. The predicted octanol–water partition coefficient (Wildman–Crippen LogP) is 13.6. The second kappa shape index (κ2) is 41.9. The Morgan fingerprint density at radius 3 is 1.39 bits per heavy atom. The molecule has 0 fully saturated rings. The molecule has 0 aliphatic rings. The molecule has 0 amide bonds. The molecule has 0 heterocycles. The van der Waals surface area contributed by atoms with E-state index >= 15 is 0 Å². The number of carbonyl (C=O) groups excluding carboxylic acids is 1. The Kier molecular flexibility index (Phi) is 39.9. The maximum absolute atomic E-state index is 12.7. The monoisotopic (exact) mass is 843 g/mol. The lowest BCUT2D eigenvalue weighted by atomic mass is 10.1. The van der Waals surface area contributed by atoms with Crippen LogP contribution in [0.25, 0.3) is 0 Å². The van der Waals surface area contributed by atoms with Crippen molar-refractivity contribution in [1.29, 1.82) is 0 Å². The Morgan fingerprint density at radius 1 is 0.525 bits per heavy atom. The maximum Gasteiger partial charge on any atom is 0.472 e. The fraction of sp³-hybridized carbons (Fsp3) is 0.620. The van der Waals surface area contributed by atoms with Crippen LogP contribution in [0.4, 0.5) is 0 Å². The molecular weight excluding hydrogens is 758 g/mol. The number of carbonyl (C=O) groups is 1. The molecule has 9 heteroatoms. The number of hydrogen-bond donors (Lipinski definition) is 1. The van der Waals surface area contributed by atoms with Crippen LogP contribution in [0.1, 0.15) is 142 Å². The maximum atomic E-state index is 12.7. The van der Waals surface area contributed by atoms with Crippen LogP contribution in [0.15, 0.2) is 109 Å². The molecule has 0 bridgehead atoms. The zero-order chi connectivity index (χ0) is 43.4. The molecule has 336 valence electrons. The lowest BCUT2D eigenvalue weighted by Gasteiger charge is -2.24. The number of esters is 1. The number of allylic oxidation sites excluding steroid dienone is 18. The van der Waals surface area contributed by atoms with E-state index < -0.39 is 13.9 Å². The molecule has 0 radical (unpaired) electrons. The van der Waals surface area contributed by atoms with Crippen LogP contribution in [-0.4, -0.2) is 75.6 Å². The molecule has 59 heavy (non-hydrogen) atoms. The van der Waals surface area contributed by atoms with Gasteiger partial charge in [0.2, 0.25) is 0 Å². The van der Waals surface area contributed by atoms with E-state index in [1.165, 1.54) is 19.3 Å². The third-order valence-electron chi connectivity index (χ3n) is 8.83. The van der Waals surface area contributed by atoms with Gasteiger partial charge < -0.3 is 18.9 Å². The molecule has 0 saturated heterocycles. The first-order valence-electron chi connectivity index (χ1n) is 22.6. The first-order chi connectivity index (χ1) is 28.6. The van der Waals surface area contributed by atoms with Crippen LogP contribution in [-0.2, 0) is 27.9 Å². The van der Waals surface area contributed by atoms with E-state index in [4.69, 9.17) is 18.5 Å². The third-order valence-corrected chi connectivity index (χ3v) is 9.81. The van der Waals surface area contributed by atoms with E-state index in [0.29, 0.717) is 24.1 Å². The molecule has 2 unspecified atom stereocenters. The zero-order valence-electron chi connectivity index (χ0n) is 37.9. The molecule has 0 aromatic carbocycles. The van der Waals surface area contributed by atoms with E-state index in [2.05, 4.69) is 123 Å². The molecule has 1 N–H and O–H groups in total. The van der Waals surface area contributed by atoms with Crippen LogP contribution in [0.3, 0.4) is 0 Å². The Hall–Kier alpha value is -2.84. The van der Waals surface area contributed by atoms with Gasteiger partial charge in [0.15, 0.2) is 0 Å². The number of likely N-dealkylation sites (N-methyl/N-ethyl adjacent to an activating group) is 1. The van der Waals surface area contributed by atoms with Crippen molar-refractivity contribution in [1.82, 2.24) is 0 Å². The summed E-state index contributed by atoms with van der Waals surface area (Å²) >= 11 is 0. The summed E-state index contributed by atoms with van der Waals surface area (Å²) in [5, 5.41) is 0. The summed E-state index contributed by atoms with van der Waals surface area (Å²) in [6.07, 6.45) is 58.5. The topological polar surface area (TPSA) is 91.3 Å². The van der Waals surface area contributed by atoms with Crippen molar-refractivity contribution >= 4 is 13.8 Å². The van der Waals surface area contributed by atoms with Crippen LogP contribution in [0.5, 0.6) is 0 Å². The van der Waals surface area contributed by atoms with Crippen molar-refractivity contribution in [3.8, 4) is 0 Å². The Labute approximate surface area is 361 Å². The number of hydrogen-bond acceptors (Lipinski definition) is 6. The van der Waals surface area contributed by atoms with Gasteiger partial charge in [-0.2, -0.15) is 0 Å². The number of rotatable bonds is 40. The van der Waals surface area contributed by atoms with Gasteiger partial charge in [-0.05, 0) is 96.3 Å². The number of phosphoric acid groups is 1. The lowest BCUT2D eigenvalue weighted by molar-refractivity contribution is -0.870. The summed E-state index contributed by atoms with van der Waals surface area (Å²) in [6, 6.07) is 0. The van der Waals surface area contributed by atoms with Crippen molar-refractivity contribution < 1.29 is 37.3 Å². The summed E-state index contributed by atoms with van der Waals surface area (Å²) < 4.78 is 35.0. The average molecular weight is 843 g/mol. The number of nitrogens with zero attached hydrogens (tertiary/aromatic N) is 1. The van der Waals surface area contributed by atoms with Gasteiger partial charge in [0.25, 0.3) is 0 Å².